The Morgan fingerprint density at radius 1 is 1.35 bits per heavy atom. The number of rotatable bonds is 6. The fraction of sp³-hybridized carbons (Fsp3) is 0.500. The van der Waals surface area contributed by atoms with Crippen LogP contribution in [0.2, 0.25) is 0 Å². The number of amides is 1. The van der Waals surface area contributed by atoms with E-state index >= 15 is 0 Å². The average molecular weight is 357 g/mol. The third-order valence-corrected chi connectivity index (χ3v) is 5.05. The predicted molar refractivity (Wildman–Crippen MR) is 99.7 cm³/mol. The standard InChI is InChI=1S/C20H27N3O3/c1-3-9-20(25)10-12-23(13-11-20)18(16-7-5-4-6-8-16)19(24)21-17-14-15(2)26-22-17/h4-8,14,18,25H,3,9-13H2,1-2H3,(H,21,22,24). The fourth-order valence-electron chi connectivity index (χ4n) is 3.70. The summed E-state index contributed by atoms with van der Waals surface area (Å²) in [7, 11) is 0. The molecule has 6 heteroatoms. The topological polar surface area (TPSA) is 78.6 Å². The number of hydrogen-bond donors (Lipinski definition) is 2. The first kappa shape index (κ1) is 18.6. The number of benzene rings is 1. The minimum atomic E-state index is -0.605. The summed E-state index contributed by atoms with van der Waals surface area (Å²) in [6, 6.07) is 11.0. The van der Waals surface area contributed by atoms with E-state index < -0.39 is 11.6 Å². The van der Waals surface area contributed by atoms with Gasteiger partial charge < -0.3 is 14.9 Å². The molecule has 1 saturated heterocycles. The van der Waals surface area contributed by atoms with Crippen LogP contribution in [0.4, 0.5) is 5.82 Å². The molecule has 0 spiro atoms. The molecule has 6 nitrogen and oxygen atoms in total. The third kappa shape index (κ3) is 4.31. The van der Waals surface area contributed by atoms with Crippen molar-refractivity contribution in [3.05, 3.63) is 47.7 Å². The van der Waals surface area contributed by atoms with Crippen LogP contribution in [0.15, 0.2) is 40.9 Å². The van der Waals surface area contributed by atoms with Crippen molar-refractivity contribution >= 4 is 11.7 Å². The number of hydrogen-bond acceptors (Lipinski definition) is 5. The Hall–Kier alpha value is -2.18. The molecule has 2 N–H and O–H groups in total. The molecule has 140 valence electrons. The number of nitrogens with one attached hydrogen (secondary N) is 1. The number of aliphatic hydroxyl groups is 1. The highest BCUT2D eigenvalue weighted by molar-refractivity contribution is 5.94. The van der Waals surface area contributed by atoms with Gasteiger partial charge in [-0.1, -0.05) is 48.8 Å². The lowest BCUT2D eigenvalue weighted by Gasteiger charge is -2.41. The molecule has 1 aromatic carbocycles. The minimum absolute atomic E-state index is 0.134. The molecule has 1 amide bonds. The van der Waals surface area contributed by atoms with E-state index in [0.29, 0.717) is 37.5 Å². The lowest BCUT2D eigenvalue weighted by atomic mass is 9.86. The molecular formula is C20H27N3O3. The van der Waals surface area contributed by atoms with E-state index in [1.54, 1.807) is 13.0 Å². The van der Waals surface area contributed by atoms with Crippen molar-refractivity contribution in [3.63, 3.8) is 0 Å². The van der Waals surface area contributed by atoms with Crippen molar-refractivity contribution in [1.82, 2.24) is 10.1 Å². The molecule has 1 fully saturated rings. The molecule has 0 aliphatic carbocycles. The zero-order valence-electron chi connectivity index (χ0n) is 15.4. The lowest BCUT2D eigenvalue weighted by molar-refractivity contribution is -0.124. The molecule has 0 radical (unpaired) electrons. The monoisotopic (exact) mass is 357 g/mol. The molecular weight excluding hydrogens is 330 g/mol. The van der Waals surface area contributed by atoms with E-state index in [1.807, 2.05) is 30.3 Å². The van der Waals surface area contributed by atoms with Crippen molar-refractivity contribution in [2.45, 2.75) is 51.2 Å². The van der Waals surface area contributed by atoms with Gasteiger partial charge in [-0.3, -0.25) is 9.69 Å². The summed E-state index contributed by atoms with van der Waals surface area (Å²) in [5, 5.41) is 17.4. The van der Waals surface area contributed by atoms with Gasteiger partial charge in [0.2, 0.25) is 5.91 Å². The van der Waals surface area contributed by atoms with Gasteiger partial charge in [-0.2, -0.15) is 0 Å². The minimum Gasteiger partial charge on any atom is -0.390 e. The van der Waals surface area contributed by atoms with Gasteiger partial charge in [0.05, 0.1) is 5.60 Å². The van der Waals surface area contributed by atoms with Crippen LogP contribution in [0, 0.1) is 6.92 Å². The summed E-state index contributed by atoms with van der Waals surface area (Å²) in [4.78, 5) is 15.2. The van der Waals surface area contributed by atoms with Gasteiger partial charge in [-0.05, 0) is 31.7 Å². The second-order valence-electron chi connectivity index (χ2n) is 7.14. The number of anilines is 1. The van der Waals surface area contributed by atoms with E-state index in [1.165, 1.54) is 0 Å². The van der Waals surface area contributed by atoms with Crippen LogP contribution in [0.25, 0.3) is 0 Å². The van der Waals surface area contributed by atoms with Crippen LogP contribution in [-0.4, -0.2) is 39.8 Å². The average Bonchev–Trinajstić information content (AvgIpc) is 3.03. The number of piperidine rings is 1. The Morgan fingerprint density at radius 3 is 2.62 bits per heavy atom. The predicted octanol–water partition coefficient (Wildman–Crippen LogP) is 3.29. The smallest absolute Gasteiger partial charge is 0.247 e. The zero-order chi connectivity index (χ0) is 18.6. The second kappa shape index (κ2) is 8.01. The summed E-state index contributed by atoms with van der Waals surface area (Å²) >= 11 is 0. The Bertz CT molecular complexity index is 721. The van der Waals surface area contributed by atoms with Crippen molar-refractivity contribution in [2.24, 2.45) is 0 Å². The number of aromatic nitrogens is 1. The first-order valence-corrected chi connectivity index (χ1v) is 9.26. The van der Waals surface area contributed by atoms with Gasteiger partial charge in [-0.15, -0.1) is 0 Å². The van der Waals surface area contributed by atoms with E-state index in [2.05, 4.69) is 22.3 Å². The maximum Gasteiger partial charge on any atom is 0.247 e. The van der Waals surface area contributed by atoms with Gasteiger partial charge in [0.15, 0.2) is 5.82 Å². The molecule has 26 heavy (non-hydrogen) atoms. The Morgan fingerprint density at radius 2 is 2.04 bits per heavy atom. The van der Waals surface area contributed by atoms with E-state index in [9.17, 15) is 9.90 Å². The zero-order valence-corrected chi connectivity index (χ0v) is 15.4. The number of carbonyl (C=O) groups is 1. The van der Waals surface area contributed by atoms with Crippen LogP contribution < -0.4 is 5.32 Å². The van der Waals surface area contributed by atoms with Crippen molar-refractivity contribution < 1.29 is 14.4 Å². The molecule has 1 atom stereocenters. The Labute approximate surface area is 154 Å². The van der Waals surface area contributed by atoms with Gasteiger partial charge >= 0.3 is 0 Å². The summed E-state index contributed by atoms with van der Waals surface area (Å²) in [5.41, 5.74) is 0.331. The van der Waals surface area contributed by atoms with Crippen LogP contribution in [0.1, 0.15) is 50.0 Å². The van der Waals surface area contributed by atoms with Crippen LogP contribution in [-0.2, 0) is 4.79 Å². The largest absolute Gasteiger partial charge is 0.390 e. The highest BCUT2D eigenvalue weighted by Crippen LogP contribution is 2.32. The molecule has 0 saturated carbocycles. The molecule has 2 heterocycles. The number of likely N-dealkylation sites (tertiary alicyclic amines) is 1. The number of aryl methyl sites for hydroxylation is 1. The van der Waals surface area contributed by atoms with Crippen LogP contribution in [0.3, 0.4) is 0 Å². The van der Waals surface area contributed by atoms with E-state index in [0.717, 1.165) is 18.4 Å². The van der Waals surface area contributed by atoms with Crippen LogP contribution in [0.5, 0.6) is 0 Å². The summed E-state index contributed by atoms with van der Waals surface area (Å²) in [6.07, 6.45) is 3.13. The van der Waals surface area contributed by atoms with Gasteiger partial charge in [0, 0.05) is 19.2 Å². The van der Waals surface area contributed by atoms with Gasteiger partial charge in [-0.25, -0.2) is 0 Å². The fourth-order valence-corrected chi connectivity index (χ4v) is 3.70. The maximum absolute atomic E-state index is 13.0. The summed E-state index contributed by atoms with van der Waals surface area (Å²) < 4.78 is 5.04. The molecule has 0 bridgehead atoms. The molecule has 1 aromatic heterocycles. The Kier molecular flexibility index (Phi) is 5.74. The maximum atomic E-state index is 13.0. The lowest BCUT2D eigenvalue weighted by Crippen LogP contribution is -2.48. The first-order valence-electron chi connectivity index (χ1n) is 9.26. The third-order valence-electron chi connectivity index (χ3n) is 5.05. The SMILES string of the molecule is CCCC1(O)CCN(C(C(=O)Nc2cc(C)on2)c2ccccc2)CC1. The second-order valence-corrected chi connectivity index (χ2v) is 7.14. The first-order chi connectivity index (χ1) is 12.5. The summed E-state index contributed by atoms with van der Waals surface area (Å²) in [6.45, 7) is 5.24. The molecule has 2 aromatic rings. The van der Waals surface area contributed by atoms with Gasteiger partial charge in [0.1, 0.15) is 11.8 Å². The van der Waals surface area contributed by atoms with Gasteiger partial charge in [0.25, 0.3) is 0 Å². The molecule has 1 aliphatic rings. The highest BCUT2D eigenvalue weighted by Gasteiger charge is 2.36. The summed E-state index contributed by atoms with van der Waals surface area (Å²) in [5.74, 6) is 0.942. The van der Waals surface area contributed by atoms with E-state index in [4.69, 9.17) is 4.52 Å². The number of nitrogens with zero attached hydrogens (tertiary/aromatic N) is 2. The Balaban J connectivity index is 1.77. The molecule has 1 aliphatic heterocycles. The van der Waals surface area contributed by atoms with Crippen molar-refractivity contribution in [1.29, 1.82) is 0 Å². The normalized spacial score (nSPS) is 18.4. The van der Waals surface area contributed by atoms with Crippen molar-refractivity contribution in [3.8, 4) is 0 Å². The number of carbonyl (C=O) groups excluding carboxylic acids is 1. The van der Waals surface area contributed by atoms with Crippen molar-refractivity contribution in [2.75, 3.05) is 18.4 Å². The van der Waals surface area contributed by atoms with E-state index in [-0.39, 0.29) is 5.91 Å². The molecule has 3 rings (SSSR count). The van der Waals surface area contributed by atoms with Crippen LogP contribution >= 0.6 is 0 Å². The molecule has 1 unspecified atom stereocenters. The quantitative estimate of drug-likeness (QED) is 0.829. The highest BCUT2D eigenvalue weighted by atomic mass is 16.5.